The number of aliphatic hydroxyl groups excluding tert-OH is 1. The third-order valence-corrected chi connectivity index (χ3v) is 0.566. The van der Waals surface area contributed by atoms with E-state index in [1.165, 1.54) is 0 Å². The molecule has 2 nitrogen and oxygen atoms in total. The molecule has 0 saturated heterocycles. The van der Waals surface area contributed by atoms with Crippen molar-refractivity contribution in [1.29, 1.82) is 0 Å². The van der Waals surface area contributed by atoms with Gasteiger partial charge in [0, 0.05) is 19.5 Å². The Hall–Kier alpha value is 0.550. The number of hydrogen-bond donors (Lipinski definition) is 1. The quantitative estimate of drug-likeness (QED) is 0.777. The molecule has 11 heavy (non-hydrogen) atoms. The van der Waals surface area contributed by atoms with Crippen molar-refractivity contribution >= 4 is 50.9 Å². The van der Waals surface area contributed by atoms with Gasteiger partial charge in [-0.1, -0.05) is 6.07 Å². The van der Waals surface area contributed by atoms with Gasteiger partial charge in [0.1, 0.15) is 0 Å². The molecule has 5 heteroatoms. The van der Waals surface area contributed by atoms with E-state index < -0.39 is 0 Å². The summed E-state index contributed by atoms with van der Waals surface area (Å²) < 4.78 is 0. The van der Waals surface area contributed by atoms with Gasteiger partial charge < -0.3 is 5.11 Å². The van der Waals surface area contributed by atoms with E-state index in [0.717, 1.165) is 7.11 Å². The largest absolute Gasteiger partial charge is 0.400 e. The van der Waals surface area contributed by atoms with E-state index in [4.69, 9.17) is 5.11 Å². The van der Waals surface area contributed by atoms with Gasteiger partial charge in [0.25, 0.3) is 0 Å². The molecule has 1 heterocycles. The molecular formula is C6H12Br3NO. The Morgan fingerprint density at radius 1 is 0.818 bits per heavy atom. The maximum absolute atomic E-state index is 7.00. The van der Waals surface area contributed by atoms with E-state index in [1.807, 2.05) is 18.2 Å². The molecule has 0 amide bonds. The predicted molar refractivity (Wildman–Crippen MR) is 63.3 cm³/mol. The first kappa shape index (κ1) is 22.6. The summed E-state index contributed by atoms with van der Waals surface area (Å²) in [6, 6.07) is 5.72. The van der Waals surface area contributed by atoms with Crippen LogP contribution in [0.15, 0.2) is 30.6 Å². The average Bonchev–Trinajstić information content (AvgIpc) is 1.96. The summed E-state index contributed by atoms with van der Waals surface area (Å²) in [5, 5.41) is 7.00. The van der Waals surface area contributed by atoms with Gasteiger partial charge >= 0.3 is 0 Å². The predicted octanol–water partition coefficient (Wildman–Crippen LogP) is 2.42. The Morgan fingerprint density at radius 2 is 1.18 bits per heavy atom. The zero-order valence-corrected chi connectivity index (χ0v) is 11.1. The summed E-state index contributed by atoms with van der Waals surface area (Å²) in [7, 11) is 1.00. The van der Waals surface area contributed by atoms with Crippen molar-refractivity contribution in [1.82, 2.24) is 4.98 Å². The van der Waals surface area contributed by atoms with Gasteiger partial charge in [0.2, 0.25) is 0 Å². The van der Waals surface area contributed by atoms with Gasteiger partial charge in [0.05, 0.1) is 0 Å². The highest BCUT2D eigenvalue weighted by molar-refractivity contribution is 8.93. The van der Waals surface area contributed by atoms with Crippen molar-refractivity contribution in [2.75, 3.05) is 7.11 Å². The Bertz CT molecular complexity index is 89.8. The number of halogens is 3. The van der Waals surface area contributed by atoms with Gasteiger partial charge in [-0.15, -0.1) is 50.9 Å². The van der Waals surface area contributed by atoms with Gasteiger partial charge in [-0.25, -0.2) is 0 Å². The first-order chi connectivity index (χ1) is 4.00. The summed E-state index contributed by atoms with van der Waals surface area (Å²) in [6.45, 7) is 0. The van der Waals surface area contributed by atoms with E-state index in [9.17, 15) is 0 Å². The van der Waals surface area contributed by atoms with Crippen LogP contribution in [0.2, 0.25) is 0 Å². The third-order valence-electron chi connectivity index (χ3n) is 0.566. The smallest absolute Gasteiger partial charge is 0.0319 e. The molecule has 1 aromatic rings. The van der Waals surface area contributed by atoms with Gasteiger partial charge in [0.15, 0.2) is 0 Å². The van der Waals surface area contributed by atoms with E-state index in [1.54, 1.807) is 12.4 Å². The van der Waals surface area contributed by atoms with Crippen LogP contribution >= 0.6 is 50.9 Å². The molecule has 1 rings (SSSR count). The number of nitrogens with zero attached hydrogens (tertiary/aromatic N) is 1. The van der Waals surface area contributed by atoms with Crippen LogP contribution in [-0.4, -0.2) is 17.2 Å². The standard InChI is InChI=1S/C5H5N.CH4O.3BrH/c1-2-4-6-5-3-1;1-2;;;/h1-5H;2H,1H3;3*1H. The summed E-state index contributed by atoms with van der Waals surface area (Å²) in [4.78, 5) is 3.78. The lowest BCUT2D eigenvalue weighted by Gasteiger charge is -1.70. The fourth-order valence-electron chi connectivity index (χ4n) is 0.313. The maximum atomic E-state index is 7.00. The molecule has 68 valence electrons. The SMILES string of the molecule is Br.Br.Br.CO.c1ccncc1. The number of aromatic nitrogens is 1. The minimum atomic E-state index is 0. The van der Waals surface area contributed by atoms with E-state index >= 15 is 0 Å². The second kappa shape index (κ2) is 22.4. The van der Waals surface area contributed by atoms with Gasteiger partial charge in [-0.2, -0.15) is 0 Å². The Balaban J connectivity index is -0.0000000459. The first-order valence-corrected chi connectivity index (χ1v) is 2.30. The molecular weight excluding hydrogens is 342 g/mol. The minimum Gasteiger partial charge on any atom is -0.400 e. The number of pyridine rings is 1. The zero-order valence-electron chi connectivity index (χ0n) is 6.01. The van der Waals surface area contributed by atoms with Crippen molar-refractivity contribution < 1.29 is 5.11 Å². The molecule has 0 atom stereocenters. The summed E-state index contributed by atoms with van der Waals surface area (Å²) >= 11 is 0. The number of rotatable bonds is 0. The van der Waals surface area contributed by atoms with Crippen LogP contribution in [-0.2, 0) is 0 Å². The molecule has 0 aliphatic rings. The van der Waals surface area contributed by atoms with Crippen LogP contribution < -0.4 is 0 Å². The van der Waals surface area contributed by atoms with Crippen molar-refractivity contribution in [3.8, 4) is 0 Å². The van der Waals surface area contributed by atoms with Crippen LogP contribution in [0.5, 0.6) is 0 Å². The average molecular weight is 354 g/mol. The fourth-order valence-corrected chi connectivity index (χ4v) is 0.313. The highest BCUT2D eigenvalue weighted by Crippen LogP contribution is 1.73. The molecule has 0 saturated carbocycles. The molecule has 0 aliphatic carbocycles. The second-order valence-electron chi connectivity index (χ2n) is 1.02. The van der Waals surface area contributed by atoms with Crippen LogP contribution in [0.1, 0.15) is 0 Å². The fraction of sp³-hybridized carbons (Fsp3) is 0.167. The number of aliphatic hydroxyl groups is 1. The normalized spacial score (nSPS) is 4.91. The van der Waals surface area contributed by atoms with E-state index in [0.29, 0.717) is 0 Å². The lowest BCUT2D eigenvalue weighted by atomic mass is 10.5. The molecule has 1 N–H and O–H groups in total. The van der Waals surface area contributed by atoms with Crippen molar-refractivity contribution in [2.24, 2.45) is 0 Å². The third kappa shape index (κ3) is 18.0. The second-order valence-corrected chi connectivity index (χ2v) is 1.02. The monoisotopic (exact) mass is 351 g/mol. The molecule has 0 spiro atoms. The molecule has 0 radical (unpaired) electrons. The molecule has 0 fully saturated rings. The highest BCUT2D eigenvalue weighted by Gasteiger charge is 1.58. The van der Waals surface area contributed by atoms with Crippen LogP contribution in [0.25, 0.3) is 0 Å². The Labute approximate surface area is 98.4 Å². The Morgan fingerprint density at radius 3 is 1.27 bits per heavy atom. The molecule has 1 aromatic heterocycles. The van der Waals surface area contributed by atoms with Gasteiger partial charge in [-0.3, -0.25) is 4.98 Å². The van der Waals surface area contributed by atoms with Crippen LogP contribution in [0.4, 0.5) is 0 Å². The Kier molecular flexibility index (Phi) is 46.0. The summed E-state index contributed by atoms with van der Waals surface area (Å²) in [6.07, 6.45) is 3.50. The van der Waals surface area contributed by atoms with E-state index in [2.05, 4.69) is 4.98 Å². The van der Waals surface area contributed by atoms with Gasteiger partial charge in [-0.05, 0) is 12.1 Å². The van der Waals surface area contributed by atoms with Crippen molar-refractivity contribution in [3.63, 3.8) is 0 Å². The topological polar surface area (TPSA) is 33.1 Å². The highest BCUT2D eigenvalue weighted by atomic mass is 79.9. The molecule has 0 bridgehead atoms. The summed E-state index contributed by atoms with van der Waals surface area (Å²) in [5.41, 5.74) is 0. The molecule has 0 unspecified atom stereocenters. The number of hydrogen-bond acceptors (Lipinski definition) is 2. The van der Waals surface area contributed by atoms with Crippen LogP contribution in [0, 0.1) is 0 Å². The van der Waals surface area contributed by atoms with E-state index in [-0.39, 0.29) is 50.9 Å². The lowest BCUT2D eigenvalue weighted by Crippen LogP contribution is -1.58. The van der Waals surface area contributed by atoms with Crippen LogP contribution in [0.3, 0.4) is 0 Å². The summed E-state index contributed by atoms with van der Waals surface area (Å²) in [5.74, 6) is 0. The minimum absolute atomic E-state index is 0. The zero-order chi connectivity index (χ0) is 6.24. The van der Waals surface area contributed by atoms with Crippen molar-refractivity contribution in [3.05, 3.63) is 30.6 Å². The van der Waals surface area contributed by atoms with Crippen molar-refractivity contribution in [2.45, 2.75) is 0 Å². The first-order valence-electron chi connectivity index (χ1n) is 2.30. The maximum Gasteiger partial charge on any atom is 0.0319 e. The molecule has 0 aromatic carbocycles. The molecule has 0 aliphatic heterocycles. The lowest BCUT2D eigenvalue weighted by molar-refractivity contribution is 0.399.